The van der Waals surface area contributed by atoms with Gasteiger partial charge in [0.1, 0.15) is 17.5 Å². The second kappa shape index (κ2) is 10.7. The summed E-state index contributed by atoms with van der Waals surface area (Å²) >= 11 is 5.95. The van der Waals surface area contributed by atoms with E-state index in [1.165, 1.54) is 12.1 Å². The van der Waals surface area contributed by atoms with E-state index >= 15 is 0 Å². The van der Waals surface area contributed by atoms with Crippen molar-refractivity contribution in [3.8, 4) is 5.69 Å². The Morgan fingerprint density at radius 3 is 2.41 bits per heavy atom. The number of aryl methyl sites for hydroxylation is 2. The van der Waals surface area contributed by atoms with E-state index in [0.717, 1.165) is 47.7 Å². The number of aromatic nitrogens is 4. The van der Waals surface area contributed by atoms with Crippen LogP contribution in [0.15, 0.2) is 48.5 Å². The smallest absolute Gasteiger partial charge is 0.321 e. The first-order valence-corrected chi connectivity index (χ1v) is 12.9. The summed E-state index contributed by atoms with van der Waals surface area (Å²) < 4.78 is 15.3. The molecule has 1 saturated heterocycles. The van der Waals surface area contributed by atoms with Crippen LogP contribution in [-0.4, -0.2) is 56.9 Å². The quantitative estimate of drug-likeness (QED) is 0.356. The SMILES string of the molecule is CCCCc1nc(N2CCN(C(=O)Nc3ccc(Cl)cc3)CC2)c2c(C)nn(-c3ccc(F)cc3)c2n1. The first kappa shape index (κ1) is 25.0. The van der Waals surface area contributed by atoms with E-state index in [1.54, 1.807) is 46.0 Å². The van der Waals surface area contributed by atoms with Crippen molar-refractivity contribution in [2.24, 2.45) is 0 Å². The number of nitrogens with one attached hydrogen (secondary N) is 1. The number of hydrogen-bond donors (Lipinski definition) is 1. The standard InChI is InChI=1S/C27H29ClFN7O/c1-3-4-5-23-31-25(24-18(2)33-36(26(24)32-23)22-12-8-20(29)9-13-22)34-14-16-35(17-15-34)27(37)30-21-10-6-19(28)7-11-21/h6-13H,3-5,14-17H2,1-2H3,(H,30,37). The fourth-order valence-corrected chi connectivity index (χ4v) is 4.63. The largest absolute Gasteiger partial charge is 0.352 e. The number of carbonyl (C=O) groups excluding carboxylic acids is 1. The molecule has 5 rings (SSSR count). The number of piperazine rings is 1. The average Bonchev–Trinajstić information content (AvgIpc) is 3.25. The molecule has 1 fully saturated rings. The zero-order valence-electron chi connectivity index (χ0n) is 20.9. The molecule has 0 unspecified atom stereocenters. The number of fused-ring (bicyclic) bond motifs is 1. The Labute approximate surface area is 220 Å². The van der Waals surface area contributed by atoms with Crippen molar-refractivity contribution < 1.29 is 9.18 Å². The van der Waals surface area contributed by atoms with Gasteiger partial charge in [-0.25, -0.2) is 23.8 Å². The summed E-state index contributed by atoms with van der Waals surface area (Å²) in [6.07, 6.45) is 2.78. The summed E-state index contributed by atoms with van der Waals surface area (Å²) in [5.41, 5.74) is 2.97. The molecule has 1 N–H and O–H groups in total. The highest BCUT2D eigenvalue weighted by Crippen LogP contribution is 2.30. The molecule has 1 aliphatic rings. The maximum absolute atomic E-state index is 13.6. The summed E-state index contributed by atoms with van der Waals surface area (Å²) in [6.45, 7) is 6.46. The average molecular weight is 522 g/mol. The van der Waals surface area contributed by atoms with Crippen molar-refractivity contribution in [3.05, 3.63) is 70.9 Å². The van der Waals surface area contributed by atoms with Gasteiger partial charge in [0.15, 0.2) is 5.65 Å². The lowest BCUT2D eigenvalue weighted by Gasteiger charge is -2.35. The topological polar surface area (TPSA) is 79.2 Å². The van der Waals surface area contributed by atoms with Crippen LogP contribution in [0.2, 0.25) is 5.02 Å². The van der Waals surface area contributed by atoms with E-state index in [-0.39, 0.29) is 11.8 Å². The Hall–Kier alpha value is -3.72. The highest BCUT2D eigenvalue weighted by Gasteiger charge is 2.26. The Morgan fingerprint density at radius 2 is 1.73 bits per heavy atom. The zero-order chi connectivity index (χ0) is 25.9. The Bertz CT molecular complexity index is 1400. The molecule has 4 aromatic rings. The number of anilines is 2. The fraction of sp³-hybridized carbons (Fsp3) is 0.333. The lowest BCUT2D eigenvalue weighted by molar-refractivity contribution is 0.208. The number of nitrogens with zero attached hydrogens (tertiary/aromatic N) is 6. The van der Waals surface area contributed by atoms with Crippen LogP contribution < -0.4 is 10.2 Å². The van der Waals surface area contributed by atoms with Crippen LogP contribution >= 0.6 is 11.6 Å². The van der Waals surface area contributed by atoms with Crippen LogP contribution in [0, 0.1) is 12.7 Å². The molecule has 2 aromatic carbocycles. The van der Waals surface area contributed by atoms with Crippen molar-refractivity contribution >= 4 is 40.2 Å². The van der Waals surface area contributed by atoms with Crippen molar-refractivity contribution in [3.63, 3.8) is 0 Å². The van der Waals surface area contributed by atoms with Gasteiger partial charge in [0, 0.05) is 43.3 Å². The normalized spacial score (nSPS) is 13.8. The molecule has 0 aliphatic carbocycles. The van der Waals surface area contributed by atoms with Gasteiger partial charge in [-0.15, -0.1) is 0 Å². The second-order valence-corrected chi connectivity index (χ2v) is 9.59. The van der Waals surface area contributed by atoms with Gasteiger partial charge in [0.05, 0.1) is 16.8 Å². The number of benzene rings is 2. The molecule has 0 spiro atoms. The van der Waals surface area contributed by atoms with E-state index < -0.39 is 0 Å². The van der Waals surface area contributed by atoms with Gasteiger partial charge in [-0.2, -0.15) is 5.10 Å². The number of unbranched alkanes of at least 4 members (excludes halogenated alkanes) is 1. The number of amides is 2. The molecule has 37 heavy (non-hydrogen) atoms. The molecule has 0 atom stereocenters. The van der Waals surface area contributed by atoms with Gasteiger partial charge in [-0.1, -0.05) is 24.9 Å². The van der Waals surface area contributed by atoms with Crippen molar-refractivity contribution in [2.45, 2.75) is 33.1 Å². The highest BCUT2D eigenvalue weighted by atomic mass is 35.5. The first-order valence-electron chi connectivity index (χ1n) is 12.5. The first-order chi connectivity index (χ1) is 17.9. The minimum absolute atomic E-state index is 0.140. The van der Waals surface area contributed by atoms with Crippen molar-refractivity contribution in [1.29, 1.82) is 0 Å². The van der Waals surface area contributed by atoms with Crippen LogP contribution in [0.3, 0.4) is 0 Å². The molecule has 0 radical (unpaired) electrons. The Balaban J connectivity index is 1.41. The van der Waals surface area contributed by atoms with Gasteiger partial charge >= 0.3 is 6.03 Å². The zero-order valence-corrected chi connectivity index (χ0v) is 21.7. The molecule has 2 aromatic heterocycles. The molecule has 10 heteroatoms. The van der Waals surface area contributed by atoms with Crippen LogP contribution in [-0.2, 0) is 6.42 Å². The van der Waals surface area contributed by atoms with Crippen LogP contribution in [0.5, 0.6) is 0 Å². The third kappa shape index (κ3) is 5.36. The monoisotopic (exact) mass is 521 g/mol. The number of rotatable bonds is 6. The van der Waals surface area contributed by atoms with E-state index in [0.29, 0.717) is 42.5 Å². The Kier molecular flexibility index (Phi) is 7.23. The summed E-state index contributed by atoms with van der Waals surface area (Å²) in [6, 6.07) is 13.2. The van der Waals surface area contributed by atoms with Crippen molar-refractivity contribution in [1.82, 2.24) is 24.6 Å². The van der Waals surface area contributed by atoms with E-state index in [2.05, 4.69) is 17.1 Å². The van der Waals surface area contributed by atoms with Gasteiger partial charge in [0.25, 0.3) is 0 Å². The predicted octanol–water partition coefficient (Wildman–Crippen LogP) is 5.61. The van der Waals surface area contributed by atoms with E-state index in [4.69, 9.17) is 26.7 Å². The number of urea groups is 1. The molecule has 2 amide bonds. The molecule has 3 heterocycles. The van der Waals surface area contributed by atoms with Crippen molar-refractivity contribution in [2.75, 3.05) is 36.4 Å². The summed E-state index contributed by atoms with van der Waals surface area (Å²) in [7, 11) is 0. The van der Waals surface area contributed by atoms with Crippen LogP contribution in [0.1, 0.15) is 31.3 Å². The number of halogens is 2. The molecule has 0 saturated carbocycles. The molecule has 192 valence electrons. The third-order valence-corrected chi connectivity index (χ3v) is 6.77. The van der Waals surface area contributed by atoms with E-state index in [1.807, 2.05) is 6.92 Å². The molecular formula is C27H29ClFN7O. The number of hydrogen-bond acceptors (Lipinski definition) is 5. The third-order valence-electron chi connectivity index (χ3n) is 6.52. The maximum atomic E-state index is 13.6. The van der Waals surface area contributed by atoms with Crippen LogP contribution in [0.4, 0.5) is 20.7 Å². The van der Waals surface area contributed by atoms with Crippen LogP contribution in [0.25, 0.3) is 16.7 Å². The van der Waals surface area contributed by atoms with Gasteiger partial charge in [0.2, 0.25) is 0 Å². The summed E-state index contributed by atoms with van der Waals surface area (Å²) in [5.74, 6) is 1.30. The Morgan fingerprint density at radius 1 is 1.03 bits per heavy atom. The lowest BCUT2D eigenvalue weighted by Crippen LogP contribution is -2.50. The minimum Gasteiger partial charge on any atom is -0.352 e. The number of carbonyl (C=O) groups is 1. The van der Waals surface area contributed by atoms with E-state index in [9.17, 15) is 9.18 Å². The molecule has 1 aliphatic heterocycles. The van der Waals surface area contributed by atoms with Gasteiger partial charge < -0.3 is 15.1 Å². The molecular weight excluding hydrogens is 493 g/mol. The minimum atomic E-state index is -0.297. The second-order valence-electron chi connectivity index (χ2n) is 9.15. The van der Waals surface area contributed by atoms with Gasteiger partial charge in [-0.3, -0.25) is 0 Å². The highest BCUT2D eigenvalue weighted by molar-refractivity contribution is 6.30. The summed E-state index contributed by atoms with van der Waals surface area (Å²) in [4.78, 5) is 26.7. The predicted molar refractivity (Wildman–Crippen MR) is 144 cm³/mol. The fourth-order valence-electron chi connectivity index (χ4n) is 4.50. The lowest BCUT2D eigenvalue weighted by atomic mass is 10.2. The van der Waals surface area contributed by atoms with Gasteiger partial charge in [-0.05, 0) is 61.9 Å². The molecule has 0 bridgehead atoms. The maximum Gasteiger partial charge on any atom is 0.321 e. The summed E-state index contributed by atoms with van der Waals surface area (Å²) in [5, 5.41) is 9.18. The molecule has 8 nitrogen and oxygen atoms in total.